The number of likely N-dealkylation sites (N-methyl/N-ethyl adjacent to an activating group) is 1. The van der Waals surface area contributed by atoms with Gasteiger partial charge in [-0.25, -0.2) is 28.6 Å². The molecular weight excluding hydrogens is 660 g/mol. The molecule has 1 fully saturated rings. The molecule has 18 heteroatoms. The second kappa shape index (κ2) is 14.7. The van der Waals surface area contributed by atoms with Crippen molar-refractivity contribution in [3.05, 3.63) is 56.7 Å². The van der Waals surface area contributed by atoms with Gasteiger partial charge in [0.1, 0.15) is 24.1 Å². The van der Waals surface area contributed by atoms with Crippen LogP contribution in [0, 0.1) is 0 Å². The summed E-state index contributed by atoms with van der Waals surface area (Å²) >= 11 is 1.33. The van der Waals surface area contributed by atoms with Gasteiger partial charge < -0.3 is 19.4 Å². The van der Waals surface area contributed by atoms with Gasteiger partial charge in [0.2, 0.25) is 0 Å². The Labute approximate surface area is 285 Å². The largest absolute Gasteiger partial charge is 0.444 e. The average molecular weight is 701 g/mol. The van der Waals surface area contributed by atoms with Gasteiger partial charge in [0.05, 0.1) is 45.0 Å². The van der Waals surface area contributed by atoms with Crippen LogP contribution in [0.2, 0.25) is 0 Å². The summed E-state index contributed by atoms with van der Waals surface area (Å²) in [7, 11) is 3.34. The lowest BCUT2D eigenvalue weighted by Gasteiger charge is -2.34. The van der Waals surface area contributed by atoms with E-state index in [4.69, 9.17) is 9.72 Å². The summed E-state index contributed by atoms with van der Waals surface area (Å²) in [5.41, 5.74) is 1.07. The van der Waals surface area contributed by atoms with E-state index < -0.39 is 30.1 Å². The number of carbonyl (C=O) groups excluding carboxylic acids is 2. The maximum Gasteiger partial charge on any atom is 0.407 e. The molecule has 5 rings (SSSR count). The summed E-state index contributed by atoms with van der Waals surface area (Å²) in [6.07, 6.45) is 2.19. The van der Waals surface area contributed by atoms with Gasteiger partial charge in [-0.1, -0.05) is 20.8 Å². The molecule has 1 atom stereocenters. The van der Waals surface area contributed by atoms with Crippen LogP contribution in [-0.4, -0.2) is 111 Å². The van der Waals surface area contributed by atoms with E-state index in [0.717, 1.165) is 5.69 Å². The fraction of sp³-hybridized carbons (Fsp3) is 0.484. The second-order valence-electron chi connectivity index (χ2n) is 13.4. The minimum Gasteiger partial charge on any atom is -0.444 e. The molecule has 1 saturated heterocycles. The number of aromatic amines is 1. The first kappa shape index (κ1) is 35.5. The first-order valence-corrected chi connectivity index (χ1v) is 16.6. The molecule has 0 aromatic carbocycles. The average Bonchev–Trinajstić information content (AvgIpc) is 3.72. The van der Waals surface area contributed by atoms with Crippen molar-refractivity contribution < 1.29 is 27.6 Å². The molecule has 0 saturated carbocycles. The van der Waals surface area contributed by atoms with Crippen molar-refractivity contribution >= 4 is 52.1 Å². The number of H-pyrrole nitrogens is 1. The van der Waals surface area contributed by atoms with Gasteiger partial charge in [0.25, 0.3) is 17.9 Å². The number of hydrogen-bond acceptors (Lipinski definition) is 11. The number of rotatable bonds is 11. The van der Waals surface area contributed by atoms with Gasteiger partial charge in [0.15, 0.2) is 11.0 Å². The number of ether oxygens (including phenoxy) is 1. The minimum atomic E-state index is -2.45. The van der Waals surface area contributed by atoms with Crippen molar-refractivity contribution in [3.63, 3.8) is 0 Å². The van der Waals surface area contributed by atoms with E-state index in [-0.39, 0.29) is 46.3 Å². The number of pyridine rings is 1. The molecule has 2 amide bonds. The van der Waals surface area contributed by atoms with Crippen molar-refractivity contribution in [2.24, 2.45) is 0 Å². The zero-order valence-electron chi connectivity index (χ0n) is 27.9. The first-order chi connectivity index (χ1) is 23.2. The summed E-state index contributed by atoms with van der Waals surface area (Å²) in [6, 6.07) is 3.07. The summed E-state index contributed by atoms with van der Waals surface area (Å²) in [5.74, 6) is 0.260. The lowest BCUT2D eigenvalue weighted by Crippen LogP contribution is -2.48. The number of amides is 2. The summed E-state index contributed by atoms with van der Waals surface area (Å²) in [4.78, 5) is 50.9. The van der Waals surface area contributed by atoms with Crippen LogP contribution in [0.15, 0.2) is 28.5 Å². The number of carbonyl (C=O) groups is 2. The van der Waals surface area contributed by atoms with Crippen LogP contribution in [-0.2, 0) is 10.2 Å². The second-order valence-corrected chi connectivity index (χ2v) is 14.3. The highest BCUT2D eigenvalue weighted by Crippen LogP contribution is 2.27. The van der Waals surface area contributed by atoms with Crippen LogP contribution >= 0.6 is 11.3 Å². The number of hydrogen-bond donors (Lipinski definition) is 3. The third-order valence-corrected chi connectivity index (χ3v) is 8.70. The van der Waals surface area contributed by atoms with Crippen LogP contribution in [0.5, 0.6) is 0 Å². The summed E-state index contributed by atoms with van der Waals surface area (Å²) < 4.78 is 32.7. The van der Waals surface area contributed by atoms with Crippen molar-refractivity contribution in [1.82, 2.24) is 40.3 Å². The van der Waals surface area contributed by atoms with Gasteiger partial charge in [-0.15, -0.1) is 16.4 Å². The number of nitrogens with one attached hydrogen (secondary N) is 3. The molecule has 0 spiro atoms. The Kier molecular flexibility index (Phi) is 10.7. The lowest BCUT2D eigenvalue weighted by molar-refractivity contribution is -0.893. The standard InChI is InChI=1S/C31H39F2N11O4S/c1-31(2,3)22-18-49-29(35-22)37-27(45)19-10-13-43-25(15-19)36-26(21(28(43)46)8-9-24-38-40-41-39-24)42-12-6-7-20(16-42)48-30(47)34-11-14-44(4,5)17-23(32)33/h8-10,13,15,18,20,23H,6-7,11-12,14,16-17H2,1-5H3,(H2-,34,35,37,38,39,40,41,45,47)/p+1/t20-/m1/s1. The van der Waals surface area contributed by atoms with Crippen molar-refractivity contribution in [1.29, 1.82) is 0 Å². The monoisotopic (exact) mass is 700 g/mol. The van der Waals surface area contributed by atoms with Gasteiger partial charge in [0, 0.05) is 29.1 Å². The number of halogens is 2. The summed E-state index contributed by atoms with van der Waals surface area (Å²) in [6.45, 7) is 7.03. The van der Waals surface area contributed by atoms with E-state index in [1.807, 2.05) is 31.1 Å². The number of alkyl carbamates (subject to hydrolysis) is 1. The van der Waals surface area contributed by atoms with Gasteiger partial charge in [-0.05, 0) is 47.6 Å². The van der Waals surface area contributed by atoms with Crippen molar-refractivity contribution in [2.45, 2.75) is 51.6 Å². The topological polar surface area (TPSA) is 172 Å². The molecule has 15 nitrogen and oxygen atoms in total. The smallest absolute Gasteiger partial charge is 0.407 e. The fourth-order valence-electron chi connectivity index (χ4n) is 5.26. The Hall–Kier alpha value is -4.84. The van der Waals surface area contributed by atoms with Gasteiger partial charge >= 0.3 is 6.09 Å². The molecule has 262 valence electrons. The zero-order valence-corrected chi connectivity index (χ0v) is 28.8. The molecule has 4 aromatic rings. The molecule has 0 unspecified atom stereocenters. The summed E-state index contributed by atoms with van der Waals surface area (Å²) in [5, 5.41) is 21.4. The van der Waals surface area contributed by atoms with Crippen molar-refractivity contribution in [3.8, 4) is 0 Å². The molecule has 1 aliphatic heterocycles. The highest BCUT2D eigenvalue weighted by Gasteiger charge is 2.28. The first-order valence-electron chi connectivity index (χ1n) is 15.7. The number of fused-ring (bicyclic) bond motifs is 1. The number of tetrazole rings is 1. The molecule has 3 N–H and O–H groups in total. The maximum atomic E-state index is 13.9. The van der Waals surface area contributed by atoms with Crippen LogP contribution in [0.25, 0.3) is 17.8 Å². The number of piperidine rings is 1. The SMILES string of the molecule is CC(C)(C)c1csc(NC(=O)c2ccn3c(=O)c(C=Cc4nnn[nH]4)c(N4CCC[C@@H](OC(=O)NCC[N+](C)(C)CC(F)F)C4)nc3c2)n1. The molecule has 0 bridgehead atoms. The number of nitrogens with zero attached hydrogens (tertiary/aromatic N) is 8. The Morgan fingerprint density at radius 2 is 2.04 bits per heavy atom. The lowest BCUT2D eigenvalue weighted by atomic mass is 9.93. The number of quaternary nitrogens is 1. The van der Waals surface area contributed by atoms with Crippen LogP contribution < -0.4 is 21.1 Å². The van der Waals surface area contributed by atoms with E-state index in [2.05, 4.69) is 36.2 Å². The van der Waals surface area contributed by atoms with Crippen LogP contribution in [0.1, 0.15) is 61.1 Å². The maximum absolute atomic E-state index is 13.9. The molecule has 1 aliphatic rings. The quantitative estimate of drug-likeness (QED) is 0.197. The number of aromatic nitrogens is 7. The minimum absolute atomic E-state index is 0.0468. The number of thiazole rings is 1. The Balaban J connectivity index is 1.37. The molecular formula is C31H40F2N11O4S+. The Morgan fingerprint density at radius 3 is 2.73 bits per heavy atom. The van der Waals surface area contributed by atoms with E-state index in [1.54, 1.807) is 26.2 Å². The predicted octanol–water partition coefficient (Wildman–Crippen LogP) is 3.42. The zero-order chi connectivity index (χ0) is 35.3. The Morgan fingerprint density at radius 1 is 1.24 bits per heavy atom. The molecule has 49 heavy (non-hydrogen) atoms. The van der Waals surface area contributed by atoms with Gasteiger partial charge in [-0.2, -0.15) is 0 Å². The molecule has 4 aromatic heterocycles. The van der Waals surface area contributed by atoms with Gasteiger partial charge in [-0.3, -0.25) is 19.3 Å². The molecule has 5 heterocycles. The van der Waals surface area contributed by atoms with E-state index >= 15 is 0 Å². The Bertz CT molecular complexity index is 1870. The molecule has 0 radical (unpaired) electrons. The highest BCUT2D eigenvalue weighted by molar-refractivity contribution is 7.14. The molecule has 0 aliphatic carbocycles. The van der Waals surface area contributed by atoms with E-state index in [0.29, 0.717) is 42.7 Å². The fourth-order valence-corrected chi connectivity index (χ4v) is 6.19. The van der Waals surface area contributed by atoms with Crippen LogP contribution in [0.3, 0.4) is 0 Å². The van der Waals surface area contributed by atoms with E-state index in [1.165, 1.54) is 34.1 Å². The number of anilines is 2. The number of alkyl halides is 2. The normalized spacial score (nSPS) is 15.7. The van der Waals surface area contributed by atoms with Crippen molar-refractivity contribution in [2.75, 3.05) is 57.0 Å². The third kappa shape index (κ3) is 9.20. The highest BCUT2D eigenvalue weighted by atomic mass is 32.1. The van der Waals surface area contributed by atoms with Crippen LogP contribution in [0.4, 0.5) is 24.5 Å². The predicted molar refractivity (Wildman–Crippen MR) is 181 cm³/mol. The van der Waals surface area contributed by atoms with E-state index in [9.17, 15) is 23.2 Å². The third-order valence-electron chi connectivity index (χ3n) is 7.94.